The van der Waals surface area contributed by atoms with Gasteiger partial charge in [-0.15, -0.1) is 0 Å². The number of hydrogen-bond acceptors (Lipinski definition) is 7. The van der Waals surface area contributed by atoms with Crippen LogP contribution in [-0.2, 0) is 0 Å². The van der Waals surface area contributed by atoms with Crippen molar-refractivity contribution < 1.29 is 10.4 Å². The molecule has 0 saturated heterocycles. The molecule has 0 spiro atoms. The zero-order valence-electron chi connectivity index (χ0n) is 16.5. The van der Waals surface area contributed by atoms with Gasteiger partial charge in [-0.05, 0) is 54.5 Å². The molecule has 142 valence electrons. The van der Waals surface area contributed by atoms with Crippen LogP contribution in [0.5, 0.6) is 0 Å². The standard InChI is InChI=1S/C17H37N5O2/c1-8-11-22(12-9-18-16(4,5)14(2)20-23)13-10-19-17(6,7)15(3)21-24/h18-19,23-24H,8-13H2,1-7H3/b20-14+,21-15+. The molecule has 0 radical (unpaired) electrons. The zero-order valence-corrected chi connectivity index (χ0v) is 16.5. The van der Waals surface area contributed by atoms with E-state index in [4.69, 9.17) is 10.4 Å². The molecule has 0 aliphatic heterocycles. The van der Waals surface area contributed by atoms with Gasteiger partial charge in [-0.3, -0.25) is 0 Å². The summed E-state index contributed by atoms with van der Waals surface area (Å²) >= 11 is 0. The Labute approximate surface area is 147 Å². The first kappa shape index (κ1) is 22.8. The summed E-state index contributed by atoms with van der Waals surface area (Å²) in [5, 5.41) is 31.3. The lowest BCUT2D eigenvalue weighted by atomic mass is 9.99. The number of nitrogens with zero attached hydrogens (tertiary/aromatic N) is 3. The maximum atomic E-state index is 8.92. The molecule has 0 aliphatic carbocycles. The lowest BCUT2D eigenvalue weighted by Crippen LogP contribution is -2.50. The van der Waals surface area contributed by atoms with Gasteiger partial charge in [-0.2, -0.15) is 0 Å². The predicted molar refractivity (Wildman–Crippen MR) is 101 cm³/mol. The van der Waals surface area contributed by atoms with E-state index in [-0.39, 0.29) is 11.1 Å². The third-order valence-electron chi connectivity index (χ3n) is 4.64. The van der Waals surface area contributed by atoms with Gasteiger partial charge in [0.25, 0.3) is 0 Å². The highest BCUT2D eigenvalue weighted by Crippen LogP contribution is 2.06. The van der Waals surface area contributed by atoms with Gasteiger partial charge in [0.15, 0.2) is 0 Å². The topological polar surface area (TPSA) is 92.5 Å². The van der Waals surface area contributed by atoms with Crippen LogP contribution >= 0.6 is 0 Å². The fraction of sp³-hybridized carbons (Fsp3) is 0.882. The molecule has 0 heterocycles. The Balaban J connectivity index is 4.37. The molecule has 0 aliphatic rings. The van der Waals surface area contributed by atoms with Gasteiger partial charge >= 0.3 is 0 Å². The van der Waals surface area contributed by atoms with Gasteiger partial charge in [0.2, 0.25) is 0 Å². The first-order valence-electron chi connectivity index (χ1n) is 8.71. The second kappa shape index (κ2) is 10.6. The Hall–Kier alpha value is -1.18. The number of hydrogen-bond donors (Lipinski definition) is 4. The summed E-state index contributed by atoms with van der Waals surface area (Å²) in [7, 11) is 0. The first-order valence-corrected chi connectivity index (χ1v) is 8.71. The van der Waals surface area contributed by atoms with Crippen LogP contribution in [0.2, 0.25) is 0 Å². The number of rotatable bonds is 12. The minimum atomic E-state index is -0.318. The van der Waals surface area contributed by atoms with Crippen LogP contribution in [-0.4, -0.2) is 70.5 Å². The molecule has 0 bridgehead atoms. The molecular formula is C17H37N5O2. The molecule has 0 aromatic carbocycles. The smallest absolute Gasteiger partial charge is 0.0734 e. The van der Waals surface area contributed by atoms with Crippen molar-refractivity contribution in [2.45, 2.75) is 66.0 Å². The van der Waals surface area contributed by atoms with Crippen molar-refractivity contribution in [2.75, 3.05) is 32.7 Å². The van der Waals surface area contributed by atoms with Crippen molar-refractivity contribution in [2.24, 2.45) is 10.3 Å². The highest BCUT2D eigenvalue weighted by Gasteiger charge is 2.22. The van der Waals surface area contributed by atoms with Crippen molar-refractivity contribution in [3.05, 3.63) is 0 Å². The van der Waals surface area contributed by atoms with Crippen molar-refractivity contribution in [1.82, 2.24) is 15.5 Å². The predicted octanol–water partition coefficient (Wildman–Crippen LogP) is 2.14. The molecule has 0 saturated carbocycles. The van der Waals surface area contributed by atoms with E-state index in [9.17, 15) is 0 Å². The van der Waals surface area contributed by atoms with E-state index in [2.05, 4.69) is 32.8 Å². The zero-order chi connectivity index (χ0) is 18.8. The maximum Gasteiger partial charge on any atom is 0.0734 e. The van der Waals surface area contributed by atoms with E-state index in [1.54, 1.807) is 0 Å². The van der Waals surface area contributed by atoms with Crippen LogP contribution < -0.4 is 10.6 Å². The fourth-order valence-corrected chi connectivity index (χ4v) is 2.21. The minimum absolute atomic E-state index is 0.318. The van der Waals surface area contributed by atoms with Crippen LogP contribution in [0.1, 0.15) is 54.9 Å². The van der Waals surface area contributed by atoms with Crippen LogP contribution in [0.15, 0.2) is 10.3 Å². The molecule has 7 heteroatoms. The van der Waals surface area contributed by atoms with E-state index < -0.39 is 0 Å². The van der Waals surface area contributed by atoms with Crippen LogP contribution in [0, 0.1) is 0 Å². The summed E-state index contributed by atoms with van der Waals surface area (Å²) < 4.78 is 0. The minimum Gasteiger partial charge on any atom is -0.411 e. The lowest BCUT2D eigenvalue weighted by molar-refractivity contribution is 0.258. The first-order chi connectivity index (χ1) is 11.1. The summed E-state index contributed by atoms with van der Waals surface area (Å²) in [4.78, 5) is 2.39. The summed E-state index contributed by atoms with van der Waals surface area (Å²) in [5.74, 6) is 0. The van der Waals surface area contributed by atoms with Crippen molar-refractivity contribution in [1.29, 1.82) is 0 Å². The Morgan fingerprint density at radius 1 is 0.833 bits per heavy atom. The van der Waals surface area contributed by atoms with Crippen molar-refractivity contribution in [3.63, 3.8) is 0 Å². The molecule has 0 unspecified atom stereocenters. The Kier molecular flexibility index (Phi) is 10.1. The van der Waals surface area contributed by atoms with Crippen LogP contribution in [0.3, 0.4) is 0 Å². The quantitative estimate of drug-likeness (QED) is 0.247. The third-order valence-corrected chi connectivity index (χ3v) is 4.64. The monoisotopic (exact) mass is 343 g/mol. The SMILES string of the molecule is CCCN(CCNC(C)(C)/C(C)=N/O)CCNC(C)(C)/C(C)=N/O. The molecule has 0 atom stereocenters. The summed E-state index contributed by atoms with van der Waals surface area (Å²) in [6, 6.07) is 0. The third kappa shape index (κ3) is 8.08. The average Bonchev–Trinajstić information content (AvgIpc) is 2.52. The van der Waals surface area contributed by atoms with Gasteiger partial charge in [0.1, 0.15) is 0 Å². The molecule has 0 rings (SSSR count). The second-order valence-corrected chi connectivity index (χ2v) is 7.32. The van der Waals surface area contributed by atoms with Gasteiger partial charge < -0.3 is 25.9 Å². The summed E-state index contributed by atoms with van der Waals surface area (Å²) in [6.45, 7) is 18.3. The normalized spacial score (nSPS) is 14.5. The Morgan fingerprint density at radius 3 is 1.50 bits per heavy atom. The Bertz CT molecular complexity index is 383. The van der Waals surface area contributed by atoms with Gasteiger partial charge in [-0.1, -0.05) is 17.2 Å². The van der Waals surface area contributed by atoms with Crippen LogP contribution in [0.4, 0.5) is 0 Å². The maximum absolute atomic E-state index is 8.92. The number of nitrogens with one attached hydrogen (secondary N) is 2. The summed E-state index contributed by atoms with van der Waals surface area (Å²) in [5.41, 5.74) is 0.710. The van der Waals surface area contributed by atoms with E-state index in [1.807, 2.05) is 41.5 Å². The molecule has 4 N–H and O–H groups in total. The van der Waals surface area contributed by atoms with E-state index in [0.29, 0.717) is 11.4 Å². The molecule has 24 heavy (non-hydrogen) atoms. The van der Waals surface area contributed by atoms with Gasteiger partial charge in [0.05, 0.1) is 22.5 Å². The molecule has 0 amide bonds. The average molecular weight is 344 g/mol. The fourth-order valence-electron chi connectivity index (χ4n) is 2.21. The summed E-state index contributed by atoms with van der Waals surface area (Å²) in [6.07, 6.45) is 1.10. The van der Waals surface area contributed by atoms with E-state index in [0.717, 1.165) is 39.1 Å². The van der Waals surface area contributed by atoms with E-state index in [1.165, 1.54) is 0 Å². The van der Waals surface area contributed by atoms with Crippen molar-refractivity contribution >= 4 is 11.4 Å². The highest BCUT2D eigenvalue weighted by atomic mass is 16.4. The van der Waals surface area contributed by atoms with Crippen molar-refractivity contribution in [3.8, 4) is 0 Å². The molecule has 0 aromatic heterocycles. The molecular weight excluding hydrogens is 306 g/mol. The molecule has 7 nitrogen and oxygen atoms in total. The largest absolute Gasteiger partial charge is 0.411 e. The highest BCUT2D eigenvalue weighted by molar-refractivity contribution is 5.90. The van der Waals surface area contributed by atoms with Crippen LogP contribution in [0.25, 0.3) is 0 Å². The second-order valence-electron chi connectivity index (χ2n) is 7.32. The molecule has 0 fully saturated rings. The Morgan fingerprint density at radius 2 is 1.21 bits per heavy atom. The van der Waals surface area contributed by atoms with Gasteiger partial charge in [0, 0.05) is 26.2 Å². The van der Waals surface area contributed by atoms with Gasteiger partial charge in [-0.25, -0.2) is 0 Å². The lowest BCUT2D eigenvalue weighted by Gasteiger charge is -2.30. The molecule has 0 aromatic rings. The van der Waals surface area contributed by atoms with E-state index >= 15 is 0 Å². The number of oxime groups is 2.